The van der Waals surface area contributed by atoms with Crippen molar-refractivity contribution in [2.24, 2.45) is 5.92 Å². The van der Waals surface area contributed by atoms with Crippen LogP contribution in [0.3, 0.4) is 0 Å². The van der Waals surface area contributed by atoms with E-state index in [1.165, 1.54) is 0 Å². The summed E-state index contributed by atoms with van der Waals surface area (Å²) in [6.45, 7) is 10.2. The van der Waals surface area contributed by atoms with Crippen LogP contribution in [-0.4, -0.2) is 23.8 Å². The molecule has 0 radical (unpaired) electrons. The third-order valence-electron chi connectivity index (χ3n) is 2.84. The van der Waals surface area contributed by atoms with Crippen LogP contribution >= 0.6 is 0 Å². The van der Waals surface area contributed by atoms with Crippen molar-refractivity contribution in [2.45, 2.75) is 52.6 Å². The maximum atomic E-state index is 10.1. The molecule has 0 aromatic carbocycles. The lowest BCUT2D eigenvalue weighted by atomic mass is 9.85. The summed E-state index contributed by atoms with van der Waals surface area (Å²) < 4.78 is 0. The van der Waals surface area contributed by atoms with Crippen LogP contribution in [0.4, 0.5) is 0 Å². The SMILES string of the molecule is CCCC(C)C(C)(O)CCNCC. The van der Waals surface area contributed by atoms with E-state index in [1.807, 2.05) is 6.92 Å². The molecule has 0 spiro atoms. The molecule has 0 fully saturated rings. The molecule has 2 unspecified atom stereocenters. The lowest BCUT2D eigenvalue weighted by Crippen LogP contribution is -2.36. The summed E-state index contributed by atoms with van der Waals surface area (Å²) in [5.41, 5.74) is -0.502. The predicted octanol–water partition coefficient (Wildman–Crippen LogP) is 2.17. The van der Waals surface area contributed by atoms with Crippen molar-refractivity contribution in [1.29, 1.82) is 0 Å². The van der Waals surface area contributed by atoms with Gasteiger partial charge in [-0.15, -0.1) is 0 Å². The molecule has 0 aliphatic carbocycles. The van der Waals surface area contributed by atoms with E-state index in [1.54, 1.807) is 0 Å². The van der Waals surface area contributed by atoms with Gasteiger partial charge in [0.2, 0.25) is 0 Å². The summed E-state index contributed by atoms with van der Waals surface area (Å²) in [6, 6.07) is 0. The third-order valence-corrected chi connectivity index (χ3v) is 2.84. The van der Waals surface area contributed by atoms with E-state index in [0.717, 1.165) is 32.4 Å². The number of rotatable bonds is 7. The van der Waals surface area contributed by atoms with Gasteiger partial charge in [-0.05, 0) is 38.8 Å². The van der Waals surface area contributed by atoms with Gasteiger partial charge >= 0.3 is 0 Å². The molecule has 13 heavy (non-hydrogen) atoms. The molecular weight excluding hydrogens is 162 g/mol. The van der Waals surface area contributed by atoms with E-state index in [4.69, 9.17) is 0 Å². The minimum Gasteiger partial charge on any atom is -0.390 e. The quantitative estimate of drug-likeness (QED) is 0.599. The lowest BCUT2D eigenvalue weighted by molar-refractivity contribution is -0.00462. The molecule has 0 bridgehead atoms. The van der Waals surface area contributed by atoms with Crippen molar-refractivity contribution in [3.05, 3.63) is 0 Å². The zero-order chi connectivity index (χ0) is 10.3. The minimum absolute atomic E-state index is 0.399. The molecule has 0 aliphatic rings. The highest BCUT2D eigenvalue weighted by Crippen LogP contribution is 2.24. The molecule has 0 heterocycles. The van der Waals surface area contributed by atoms with Crippen molar-refractivity contribution < 1.29 is 5.11 Å². The summed E-state index contributed by atoms with van der Waals surface area (Å²) in [6.07, 6.45) is 3.11. The Morgan fingerprint density at radius 1 is 1.38 bits per heavy atom. The molecule has 80 valence electrons. The Kier molecular flexibility index (Phi) is 6.35. The molecule has 0 aliphatic heterocycles. The maximum Gasteiger partial charge on any atom is 0.0657 e. The van der Waals surface area contributed by atoms with Crippen molar-refractivity contribution in [3.8, 4) is 0 Å². The Bertz CT molecular complexity index is 123. The normalized spacial score (nSPS) is 18.2. The van der Waals surface area contributed by atoms with Gasteiger partial charge in [0, 0.05) is 0 Å². The van der Waals surface area contributed by atoms with Crippen molar-refractivity contribution in [1.82, 2.24) is 5.32 Å². The summed E-state index contributed by atoms with van der Waals surface area (Å²) in [5, 5.41) is 13.3. The topological polar surface area (TPSA) is 32.3 Å². The van der Waals surface area contributed by atoms with Crippen molar-refractivity contribution in [2.75, 3.05) is 13.1 Å². The van der Waals surface area contributed by atoms with Gasteiger partial charge in [0.25, 0.3) is 0 Å². The van der Waals surface area contributed by atoms with Crippen LogP contribution in [0.5, 0.6) is 0 Å². The van der Waals surface area contributed by atoms with Crippen LogP contribution in [-0.2, 0) is 0 Å². The van der Waals surface area contributed by atoms with E-state index < -0.39 is 5.60 Å². The standard InChI is InChI=1S/C11H25NO/c1-5-7-10(3)11(4,13)8-9-12-6-2/h10,12-13H,5-9H2,1-4H3. The Hall–Kier alpha value is -0.0800. The first kappa shape index (κ1) is 12.9. The zero-order valence-electron chi connectivity index (χ0n) is 9.56. The first-order chi connectivity index (χ1) is 6.04. The van der Waals surface area contributed by atoms with Crippen molar-refractivity contribution >= 4 is 0 Å². The Morgan fingerprint density at radius 3 is 2.46 bits per heavy atom. The highest BCUT2D eigenvalue weighted by Gasteiger charge is 2.26. The van der Waals surface area contributed by atoms with Gasteiger partial charge in [0.15, 0.2) is 0 Å². The first-order valence-corrected chi connectivity index (χ1v) is 5.47. The molecule has 0 saturated carbocycles. The van der Waals surface area contributed by atoms with E-state index in [-0.39, 0.29) is 0 Å². The fourth-order valence-corrected chi connectivity index (χ4v) is 1.51. The molecule has 0 amide bonds. The van der Waals surface area contributed by atoms with Gasteiger partial charge < -0.3 is 10.4 Å². The smallest absolute Gasteiger partial charge is 0.0657 e. The van der Waals surface area contributed by atoms with Gasteiger partial charge in [-0.1, -0.05) is 27.2 Å². The van der Waals surface area contributed by atoms with Crippen LogP contribution in [0.15, 0.2) is 0 Å². The lowest BCUT2D eigenvalue weighted by Gasteiger charge is -2.30. The van der Waals surface area contributed by atoms with E-state index in [0.29, 0.717) is 5.92 Å². The number of aliphatic hydroxyl groups is 1. The van der Waals surface area contributed by atoms with E-state index in [2.05, 4.69) is 26.1 Å². The zero-order valence-corrected chi connectivity index (χ0v) is 9.56. The summed E-state index contributed by atoms with van der Waals surface area (Å²) in [4.78, 5) is 0. The predicted molar refractivity (Wildman–Crippen MR) is 57.9 cm³/mol. The molecular formula is C11H25NO. The molecule has 2 atom stereocenters. The highest BCUT2D eigenvalue weighted by atomic mass is 16.3. The van der Waals surface area contributed by atoms with Crippen LogP contribution in [0.1, 0.15) is 47.0 Å². The molecule has 2 N–H and O–H groups in total. The molecule has 2 nitrogen and oxygen atoms in total. The maximum absolute atomic E-state index is 10.1. The van der Waals surface area contributed by atoms with Gasteiger partial charge in [-0.25, -0.2) is 0 Å². The van der Waals surface area contributed by atoms with Gasteiger partial charge in [-0.2, -0.15) is 0 Å². The Morgan fingerprint density at radius 2 is 2.00 bits per heavy atom. The average molecular weight is 187 g/mol. The second-order valence-electron chi connectivity index (χ2n) is 4.15. The highest BCUT2D eigenvalue weighted by molar-refractivity contribution is 4.79. The Labute approximate surface area is 82.7 Å². The van der Waals surface area contributed by atoms with Gasteiger partial charge in [0.05, 0.1) is 5.60 Å². The van der Waals surface area contributed by atoms with Crippen LogP contribution in [0.25, 0.3) is 0 Å². The molecule has 0 aromatic rings. The van der Waals surface area contributed by atoms with Gasteiger partial charge in [-0.3, -0.25) is 0 Å². The van der Waals surface area contributed by atoms with Crippen LogP contribution in [0, 0.1) is 5.92 Å². The van der Waals surface area contributed by atoms with E-state index >= 15 is 0 Å². The van der Waals surface area contributed by atoms with Crippen LogP contribution in [0.2, 0.25) is 0 Å². The largest absolute Gasteiger partial charge is 0.390 e. The third kappa shape index (κ3) is 5.27. The number of hydrogen-bond acceptors (Lipinski definition) is 2. The van der Waals surface area contributed by atoms with Gasteiger partial charge in [0.1, 0.15) is 0 Å². The molecule has 0 saturated heterocycles. The van der Waals surface area contributed by atoms with Crippen LogP contribution < -0.4 is 5.32 Å². The minimum atomic E-state index is -0.502. The number of hydrogen-bond donors (Lipinski definition) is 2. The second-order valence-corrected chi connectivity index (χ2v) is 4.15. The monoisotopic (exact) mass is 187 g/mol. The summed E-state index contributed by atoms with van der Waals surface area (Å²) >= 11 is 0. The molecule has 2 heteroatoms. The fraction of sp³-hybridized carbons (Fsp3) is 1.00. The average Bonchev–Trinajstić information content (AvgIpc) is 2.05. The Balaban J connectivity index is 3.76. The summed E-state index contributed by atoms with van der Waals surface area (Å²) in [7, 11) is 0. The number of nitrogens with one attached hydrogen (secondary N) is 1. The first-order valence-electron chi connectivity index (χ1n) is 5.47. The summed E-state index contributed by atoms with van der Waals surface area (Å²) in [5.74, 6) is 0.399. The molecule has 0 aromatic heterocycles. The molecule has 0 rings (SSSR count). The van der Waals surface area contributed by atoms with Crippen molar-refractivity contribution in [3.63, 3.8) is 0 Å². The fourth-order valence-electron chi connectivity index (χ4n) is 1.51. The second kappa shape index (κ2) is 6.39. The van der Waals surface area contributed by atoms with E-state index in [9.17, 15) is 5.11 Å².